The first kappa shape index (κ1) is 14.4. The molecule has 1 aromatic heterocycles. The van der Waals surface area contributed by atoms with Crippen LogP contribution in [0, 0.1) is 0 Å². The van der Waals surface area contributed by atoms with Crippen LogP contribution in [0.3, 0.4) is 0 Å². The molecule has 7 nitrogen and oxygen atoms in total. The number of aromatic carboxylic acids is 1. The van der Waals surface area contributed by atoms with Gasteiger partial charge in [0.25, 0.3) is 0 Å². The van der Waals surface area contributed by atoms with E-state index in [1.165, 1.54) is 5.38 Å². The van der Waals surface area contributed by atoms with Crippen molar-refractivity contribution in [2.45, 2.75) is 11.0 Å². The van der Waals surface area contributed by atoms with Crippen LogP contribution < -0.4 is 4.72 Å². The third kappa shape index (κ3) is 3.74. The molecule has 1 fully saturated rings. The van der Waals surface area contributed by atoms with Crippen LogP contribution in [0.25, 0.3) is 0 Å². The van der Waals surface area contributed by atoms with Crippen LogP contribution in [0.5, 0.6) is 0 Å². The molecule has 1 aliphatic heterocycles. The summed E-state index contributed by atoms with van der Waals surface area (Å²) in [5, 5.41) is 10.1. The highest BCUT2D eigenvalue weighted by Crippen LogP contribution is 2.19. The molecule has 1 aromatic rings. The highest BCUT2D eigenvalue weighted by molar-refractivity contribution is 7.89. The van der Waals surface area contributed by atoms with Gasteiger partial charge in [0.1, 0.15) is 4.88 Å². The topological polar surface area (TPSA) is 102 Å². The van der Waals surface area contributed by atoms with Gasteiger partial charge in [0.15, 0.2) is 0 Å². The Balaban J connectivity index is 1.98. The molecule has 9 heteroatoms. The Morgan fingerprint density at radius 3 is 2.89 bits per heavy atom. The Morgan fingerprint density at radius 1 is 1.53 bits per heavy atom. The summed E-state index contributed by atoms with van der Waals surface area (Å²) < 4.78 is 36.7. The van der Waals surface area contributed by atoms with Gasteiger partial charge in [0.05, 0.1) is 30.8 Å². The fourth-order valence-electron chi connectivity index (χ4n) is 1.51. The van der Waals surface area contributed by atoms with E-state index in [-0.39, 0.29) is 22.4 Å². The van der Waals surface area contributed by atoms with Crippen molar-refractivity contribution in [2.24, 2.45) is 0 Å². The fraction of sp³-hybridized carbons (Fsp3) is 0.500. The first-order valence-corrected chi connectivity index (χ1v) is 7.86. The number of hydrogen-bond donors (Lipinski definition) is 2. The number of carboxylic acid groups (broad SMARTS) is 1. The maximum absolute atomic E-state index is 11.9. The summed E-state index contributed by atoms with van der Waals surface area (Å²) in [4.78, 5) is 10.6. The molecule has 0 spiro atoms. The largest absolute Gasteiger partial charge is 0.477 e. The quantitative estimate of drug-likeness (QED) is 0.802. The lowest BCUT2D eigenvalue weighted by Crippen LogP contribution is -2.39. The average molecular weight is 307 g/mol. The van der Waals surface area contributed by atoms with Crippen LogP contribution in [0.4, 0.5) is 0 Å². The Kier molecular flexibility index (Phi) is 4.53. The maximum Gasteiger partial charge on any atom is 0.345 e. The fourth-order valence-corrected chi connectivity index (χ4v) is 3.69. The van der Waals surface area contributed by atoms with Gasteiger partial charge in [-0.2, -0.15) is 0 Å². The summed E-state index contributed by atoms with van der Waals surface area (Å²) in [5.74, 6) is -1.14. The molecule has 0 radical (unpaired) electrons. The first-order chi connectivity index (χ1) is 8.99. The van der Waals surface area contributed by atoms with Gasteiger partial charge in [-0.1, -0.05) is 0 Å². The van der Waals surface area contributed by atoms with E-state index < -0.39 is 16.0 Å². The molecule has 0 aromatic carbocycles. The molecule has 2 rings (SSSR count). The summed E-state index contributed by atoms with van der Waals surface area (Å²) >= 11 is 0.871. The summed E-state index contributed by atoms with van der Waals surface area (Å²) in [6, 6.07) is 1.13. The van der Waals surface area contributed by atoms with Gasteiger partial charge < -0.3 is 14.6 Å². The summed E-state index contributed by atoms with van der Waals surface area (Å²) in [6.45, 7) is 1.39. The van der Waals surface area contributed by atoms with E-state index in [1.54, 1.807) is 0 Å². The Labute approximate surface area is 114 Å². The minimum absolute atomic E-state index is 0.0161. The molecule has 106 valence electrons. The molecule has 1 atom stereocenters. The number of carboxylic acids is 1. The summed E-state index contributed by atoms with van der Waals surface area (Å²) in [5.41, 5.74) is 0. The van der Waals surface area contributed by atoms with Crippen molar-refractivity contribution in [3.63, 3.8) is 0 Å². The zero-order valence-electron chi connectivity index (χ0n) is 9.87. The minimum Gasteiger partial charge on any atom is -0.477 e. The number of ether oxygens (including phenoxy) is 2. The zero-order valence-corrected chi connectivity index (χ0v) is 11.5. The van der Waals surface area contributed by atoms with Crippen molar-refractivity contribution < 1.29 is 27.8 Å². The van der Waals surface area contributed by atoms with E-state index in [2.05, 4.69) is 4.72 Å². The molecule has 1 saturated heterocycles. The SMILES string of the molecule is O=C(O)c1cc(S(=O)(=O)NCC2COCCO2)cs1. The number of carbonyl (C=O) groups is 1. The lowest BCUT2D eigenvalue weighted by molar-refractivity contribution is -0.0846. The number of thiophene rings is 1. The molecule has 0 saturated carbocycles. The lowest BCUT2D eigenvalue weighted by atomic mass is 10.3. The van der Waals surface area contributed by atoms with E-state index in [0.29, 0.717) is 19.8 Å². The second-order valence-corrected chi connectivity index (χ2v) is 6.55. The molecule has 2 heterocycles. The smallest absolute Gasteiger partial charge is 0.345 e. The third-order valence-corrected chi connectivity index (χ3v) is 4.95. The van der Waals surface area contributed by atoms with E-state index in [0.717, 1.165) is 17.4 Å². The average Bonchev–Trinajstić information content (AvgIpc) is 2.88. The molecule has 0 bridgehead atoms. The predicted molar refractivity (Wildman–Crippen MR) is 67.0 cm³/mol. The van der Waals surface area contributed by atoms with Crippen LogP contribution >= 0.6 is 11.3 Å². The van der Waals surface area contributed by atoms with Crippen LogP contribution in [0.15, 0.2) is 16.3 Å². The van der Waals surface area contributed by atoms with Gasteiger partial charge in [-0.25, -0.2) is 17.9 Å². The minimum atomic E-state index is -3.71. The standard InChI is InChI=1S/C10H13NO6S2/c12-10(13)9-3-8(6-18-9)19(14,15)11-4-7-5-16-1-2-17-7/h3,6-7,11H,1-2,4-5H2,(H,12,13). The van der Waals surface area contributed by atoms with Gasteiger partial charge in [0, 0.05) is 11.9 Å². The molecule has 19 heavy (non-hydrogen) atoms. The van der Waals surface area contributed by atoms with Crippen molar-refractivity contribution in [2.75, 3.05) is 26.4 Å². The van der Waals surface area contributed by atoms with Gasteiger partial charge >= 0.3 is 5.97 Å². The van der Waals surface area contributed by atoms with E-state index >= 15 is 0 Å². The second-order valence-electron chi connectivity index (χ2n) is 3.87. The van der Waals surface area contributed by atoms with Crippen molar-refractivity contribution in [3.8, 4) is 0 Å². The van der Waals surface area contributed by atoms with Crippen molar-refractivity contribution in [1.29, 1.82) is 0 Å². The molecule has 0 aliphatic carbocycles. The third-order valence-electron chi connectivity index (χ3n) is 2.48. The molecular weight excluding hydrogens is 294 g/mol. The number of nitrogens with one attached hydrogen (secondary N) is 1. The molecule has 2 N–H and O–H groups in total. The van der Waals surface area contributed by atoms with Gasteiger partial charge in [0.2, 0.25) is 10.0 Å². The number of hydrogen-bond acceptors (Lipinski definition) is 6. The molecule has 1 unspecified atom stereocenters. The van der Waals surface area contributed by atoms with Crippen LogP contribution in [0.1, 0.15) is 9.67 Å². The van der Waals surface area contributed by atoms with Crippen LogP contribution in [-0.2, 0) is 19.5 Å². The lowest BCUT2D eigenvalue weighted by Gasteiger charge is -2.22. The molecular formula is C10H13NO6S2. The second kappa shape index (κ2) is 5.97. The van der Waals surface area contributed by atoms with E-state index in [1.807, 2.05) is 0 Å². The Morgan fingerprint density at radius 2 is 2.32 bits per heavy atom. The highest BCUT2D eigenvalue weighted by Gasteiger charge is 2.21. The van der Waals surface area contributed by atoms with E-state index in [9.17, 15) is 13.2 Å². The monoisotopic (exact) mass is 307 g/mol. The first-order valence-electron chi connectivity index (χ1n) is 5.50. The Bertz CT molecular complexity index is 546. The van der Waals surface area contributed by atoms with Crippen molar-refractivity contribution in [1.82, 2.24) is 4.72 Å². The normalized spacial score (nSPS) is 20.3. The molecule has 1 aliphatic rings. The van der Waals surface area contributed by atoms with Crippen molar-refractivity contribution >= 4 is 27.3 Å². The van der Waals surface area contributed by atoms with Crippen molar-refractivity contribution in [3.05, 3.63) is 16.3 Å². The summed E-state index contributed by atoms with van der Waals surface area (Å²) in [6.07, 6.45) is -0.318. The maximum atomic E-state index is 11.9. The van der Waals surface area contributed by atoms with Gasteiger partial charge in [-0.3, -0.25) is 0 Å². The Hall–Kier alpha value is -1.00. The summed E-state index contributed by atoms with van der Waals surface area (Å²) in [7, 11) is -3.71. The van der Waals surface area contributed by atoms with Crippen LogP contribution in [0.2, 0.25) is 0 Å². The van der Waals surface area contributed by atoms with E-state index in [4.69, 9.17) is 14.6 Å². The van der Waals surface area contributed by atoms with Gasteiger partial charge in [-0.05, 0) is 6.07 Å². The predicted octanol–water partition coefficient (Wildman–Crippen LogP) is 0.140. The van der Waals surface area contributed by atoms with Gasteiger partial charge in [-0.15, -0.1) is 11.3 Å². The van der Waals surface area contributed by atoms with Crippen LogP contribution in [-0.4, -0.2) is 52.0 Å². The number of sulfonamides is 1. The highest BCUT2D eigenvalue weighted by atomic mass is 32.2. The zero-order chi connectivity index (χ0) is 13.9. The number of rotatable bonds is 5. The molecule has 0 amide bonds.